The fourth-order valence-electron chi connectivity index (χ4n) is 3.65. The average molecular weight is 438 g/mol. The van der Waals surface area contributed by atoms with Crippen molar-refractivity contribution in [3.63, 3.8) is 0 Å². The van der Waals surface area contributed by atoms with Gasteiger partial charge in [-0.05, 0) is 42.7 Å². The van der Waals surface area contributed by atoms with Gasteiger partial charge in [0, 0.05) is 44.8 Å². The molecule has 0 unspecified atom stereocenters. The van der Waals surface area contributed by atoms with E-state index in [9.17, 15) is 4.79 Å². The minimum absolute atomic E-state index is 0.0553. The Hall–Kier alpha value is -2.90. The summed E-state index contributed by atoms with van der Waals surface area (Å²) in [6.07, 6.45) is 0. The quantitative estimate of drug-likeness (QED) is 0.415. The third-order valence-corrected chi connectivity index (χ3v) is 5.35. The summed E-state index contributed by atoms with van der Waals surface area (Å²) >= 11 is 0. The van der Waals surface area contributed by atoms with Crippen LogP contribution in [0.25, 0.3) is 0 Å². The molecule has 32 heavy (non-hydrogen) atoms. The lowest BCUT2D eigenvalue weighted by Gasteiger charge is -2.27. The van der Waals surface area contributed by atoms with Crippen LogP contribution in [0.1, 0.15) is 40.9 Å². The zero-order valence-corrected chi connectivity index (χ0v) is 19.2. The van der Waals surface area contributed by atoms with Gasteiger partial charge in [0.25, 0.3) is 5.91 Å². The molecule has 0 aromatic heterocycles. The van der Waals surface area contributed by atoms with Crippen molar-refractivity contribution in [3.8, 4) is 0 Å². The zero-order chi connectivity index (χ0) is 22.6. The Labute approximate surface area is 191 Å². The first-order valence-corrected chi connectivity index (χ1v) is 11.5. The summed E-state index contributed by atoms with van der Waals surface area (Å²) in [7, 11) is 0. The molecule has 172 valence electrons. The average Bonchev–Trinajstić information content (AvgIpc) is 2.83. The minimum atomic E-state index is -0.0553. The van der Waals surface area contributed by atoms with E-state index in [1.165, 1.54) is 11.1 Å². The van der Waals surface area contributed by atoms with Crippen LogP contribution in [-0.4, -0.2) is 56.2 Å². The first-order valence-electron chi connectivity index (χ1n) is 11.5. The van der Waals surface area contributed by atoms with Gasteiger partial charge in [-0.25, -0.2) is 4.99 Å². The molecule has 2 aromatic rings. The van der Waals surface area contributed by atoms with Gasteiger partial charge in [0.15, 0.2) is 5.96 Å². The van der Waals surface area contributed by atoms with Gasteiger partial charge in [0.05, 0.1) is 19.8 Å². The van der Waals surface area contributed by atoms with E-state index in [2.05, 4.69) is 52.0 Å². The van der Waals surface area contributed by atoms with Gasteiger partial charge in [-0.1, -0.05) is 36.4 Å². The highest BCUT2D eigenvalue weighted by Gasteiger charge is 2.13. The highest BCUT2D eigenvalue weighted by atomic mass is 16.5. The first kappa shape index (κ1) is 23.8. The third kappa shape index (κ3) is 7.35. The van der Waals surface area contributed by atoms with Gasteiger partial charge in [-0.2, -0.15) is 0 Å². The molecule has 3 rings (SSSR count). The van der Waals surface area contributed by atoms with Crippen LogP contribution in [0, 0.1) is 0 Å². The van der Waals surface area contributed by atoms with Crippen LogP contribution in [0.4, 0.5) is 0 Å². The van der Waals surface area contributed by atoms with Gasteiger partial charge in [0.2, 0.25) is 0 Å². The number of benzene rings is 2. The van der Waals surface area contributed by atoms with Crippen molar-refractivity contribution in [2.75, 3.05) is 39.4 Å². The first-order chi connectivity index (χ1) is 15.7. The number of hydrogen-bond donors (Lipinski definition) is 3. The van der Waals surface area contributed by atoms with Gasteiger partial charge in [0.1, 0.15) is 0 Å². The predicted molar refractivity (Wildman–Crippen MR) is 129 cm³/mol. The van der Waals surface area contributed by atoms with Crippen LogP contribution >= 0.6 is 0 Å². The van der Waals surface area contributed by atoms with Crippen molar-refractivity contribution in [3.05, 3.63) is 70.8 Å². The molecule has 1 saturated heterocycles. The van der Waals surface area contributed by atoms with E-state index < -0.39 is 0 Å². The number of rotatable bonds is 9. The maximum absolute atomic E-state index is 12.1. The topological polar surface area (TPSA) is 78.0 Å². The number of nitrogens with one attached hydrogen (secondary N) is 3. The van der Waals surface area contributed by atoms with Crippen LogP contribution in [0.2, 0.25) is 0 Å². The number of nitrogens with zero attached hydrogens (tertiary/aromatic N) is 2. The molecule has 0 spiro atoms. The van der Waals surface area contributed by atoms with Crippen molar-refractivity contribution in [2.45, 2.75) is 33.5 Å². The standard InChI is InChI=1S/C25H35N5O2/c1-3-26-24(31)21-11-7-8-20(16-21)17-28-25(27-4-2)29-18-22-9-5-6-10-23(22)19-30-12-14-32-15-13-30/h5-11,16H,3-4,12-15,17-19H2,1-2H3,(H,26,31)(H2,27,28,29). The van der Waals surface area contributed by atoms with Crippen molar-refractivity contribution in [1.82, 2.24) is 20.9 Å². The molecule has 0 saturated carbocycles. The lowest BCUT2D eigenvalue weighted by Crippen LogP contribution is -2.38. The minimum Gasteiger partial charge on any atom is -0.379 e. The maximum Gasteiger partial charge on any atom is 0.251 e. The number of hydrogen-bond acceptors (Lipinski definition) is 4. The summed E-state index contributed by atoms with van der Waals surface area (Å²) in [6.45, 7) is 11.0. The van der Waals surface area contributed by atoms with Crippen LogP contribution in [0.3, 0.4) is 0 Å². The van der Waals surface area contributed by atoms with E-state index in [4.69, 9.17) is 9.73 Å². The van der Waals surface area contributed by atoms with Crippen molar-refractivity contribution >= 4 is 11.9 Å². The van der Waals surface area contributed by atoms with E-state index in [1.54, 1.807) is 0 Å². The second kappa shape index (κ2) is 12.8. The van der Waals surface area contributed by atoms with Crippen LogP contribution in [-0.2, 0) is 24.4 Å². The van der Waals surface area contributed by atoms with E-state index in [1.807, 2.05) is 31.2 Å². The molecule has 7 heteroatoms. The van der Waals surface area contributed by atoms with Gasteiger partial charge >= 0.3 is 0 Å². The lowest BCUT2D eigenvalue weighted by molar-refractivity contribution is 0.0341. The normalized spacial score (nSPS) is 14.8. The molecule has 0 bridgehead atoms. The molecule has 1 amide bonds. The van der Waals surface area contributed by atoms with Crippen molar-refractivity contribution in [1.29, 1.82) is 0 Å². The van der Waals surface area contributed by atoms with E-state index in [0.717, 1.165) is 50.9 Å². The number of ether oxygens (including phenoxy) is 1. The highest BCUT2D eigenvalue weighted by Crippen LogP contribution is 2.13. The summed E-state index contributed by atoms with van der Waals surface area (Å²) in [5, 5.41) is 9.61. The molecule has 0 aliphatic carbocycles. The molecular weight excluding hydrogens is 402 g/mol. The molecule has 3 N–H and O–H groups in total. The Bertz CT molecular complexity index is 893. The van der Waals surface area contributed by atoms with Crippen molar-refractivity contribution in [2.24, 2.45) is 4.99 Å². The number of aliphatic imine (C=N–C) groups is 1. The van der Waals surface area contributed by atoms with Gasteiger partial charge in [-0.3, -0.25) is 9.69 Å². The molecule has 1 fully saturated rings. The second-order valence-corrected chi connectivity index (χ2v) is 7.77. The fraction of sp³-hybridized carbons (Fsp3) is 0.440. The van der Waals surface area contributed by atoms with Crippen LogP contribution < -0.4 is 16.0 Å². The summed E-state index contributed by atoms with van der Waals surface area (Å²) in [5.74, 6) is 0.706. The highest BCUT2D eigenvalue weighted by molar-refractivity contribution is 5.94. The summed E-state index contributed by atoms with van der Waals surface area (Å²) in [6, 6.07) is 16.2. The zero-order valence-electron chi connectivity index (χ0n) is 19.2. The maximum atomic E-state index is 12.1. The molecule has 0 radical (unpaired) electrons. The van der Waals surface area contributed by atoms with Gasteiger partial charge < -0.3 is 20.7 Å². The molecule has 1 heterocycles. The number of morpholine rings is 1. The van der Waals surface area contributed by atoms with Crippen LogP contribution in [0.15, 0.2) is 53.5 Å². The molecule has 2 aromatic carbocycles. The summed E-state index contributed by atoms with van der Waals surface area (Å²) in [4.78, 5) is 19.2. The van der Waals surface area contributed by atoms with E-state index in [0.29, 0.717) is 25.2 Å². The van der Waals surface area contributed by atoms with Crippen molar-refractivity contribution < 1.29 is 9.53 Å². The van der Waals surface area contributed by atoms with Crippen LogP contribution in [0.5, 0.6) is 0 Å². The number of carbonyl (C=O) groups excluding carboxylic acids is 1. The Morgan fingerprint density at radius 1 is 0.969 bits per heavy atom. The molecule has 7 nitrogen and oxygen atoms in total. The second-order valence-electron chi connectivity index (χ2n) is 7.77. The monoisotopic (exact) mass is 437 g/mol. The predicted octanol–water partition coefficient (Wildman–Crippen LogP) is 2.52. The third-order valence-electron chi connectivity index (χ3n) is 5.35. The Morgan fingerprint density at radius 3 is 2.47 bits per heavy atom. The van der Waals surface area contributed by atoms with E-state index >= 15 is 0 Å². The Balaban J connectivity index is 1.63. The Kier molecular flexibility index (Phi) is 9.53. The molecular formula is C25H35N5O2. The lowest BCUT2D eigenvalue weighted by atomic mass is 10.1. The largest absolute Gasteiger partial charge is 0.379 e. The number of carbonyl (C=O) groups is 1. The van der Waals surface area contributed by atoms with E-state index in [-0.39, 0.29) is 5.91 Å². The Morgan fingerprint density at radius 2 is 1.72 bits per heavy atom. The molecule has 0 atom stereocenters. The summed E-state index contributed by atoms with van der Waals surface area (Å²) < 4.78 is 5.47. The molecule has 1 aliphatic heterocycles. The number of guanidine groups is 1. The smallest absolute Gasteiger partial charge is 0.251 e. The number of amides is 1. The van der Waals surface area contributed by atoms with Gasteiger partial charge in [-0.15, -0.1) is 0 Å². The molecule has 1 aliphatic rings. The fourth-order valence-corrected chi connectivity index (χ4v) is 3.65. The SMILES string of the molecule is CCNC(=O)c1cccc(CN=C(NCC)NCc2ccccc2CN2CCOCC2)c1. The summed E-state index contributed by atoms with van der Waals surface area (Å²) in [5.41, 5.74) is 4.25.